The van der Waals surface area contributed by atoms with Crippen LogP contribution in [0.1, 0.15) is 38.3 Å². The van der Waals surface area contributed by atoms with Gasteiger partial charge in [0, 0.05) is 6.54 Å². The van der Waals surface area contributed by atoms with E-state index in [0.29, 0.717) is 19.5 Å². The van der Waals surface area contributed by atoms with E-state index in [2.05, 4.69) is 0 Å². The number of carbonyl (C=O) groups is 2. The number of rotatable bonds is 6. The second kappa shape index (κ2) is 7.55. The van der Waals surface area contributed by atoms with Gasteiger partial charge in [-0.3, -0.25) is 14.5 Å². The Bertz CT molecular complexity index is 561. The molecule has 5 nitrogen and oxygen atoms in total. The van der Waals surface area contributed by atoms with Crippen molar-refractivity contribution < 1.29 is 19.1 Å². The lowest BCUT2D eigenvalue weighted by molar-refractivity contribution is -0.143. The van der Waals surface area contributed by atoms with Crippen molar-refractivity contribution in [1.29, 1.82) is 0 Å². The summed E-state index contributed by atoms with van der Waals surface area (Å²) in [5.74, 6) is -1.28. The van der Waals surface area contributed by atoms with Crippen LogP contribution < -0.4 is 0 Å². The lowest BCUT2D eigenvalue weighted by Crippen LogP contribution is -2.45. The quantitative estimate of drug-likeness (QED) is 0.873. The highest BCUT2D eigenvalue weighted by molar-refractivity contribution is 5.80. The van der Waals surface area contributed by atoms with Crippen molar-refractivity contribution in [3.63, 3.8) is 0 Å². The average molecular weight is 322 g/mol. The molecule has 1 aromatic carbocycles. The van der Waals surface area contributed by atoms with Crippen LogP contribution in [0.15, 0.2) is 24.3 Å². The highest BCUT2D eigenvalue weighted by Crippen LogP contribution is 2.22. The van der Waals surface area contributed by atoms with Gasteiger partial charge >= 0.3 is 5.97 Å². The van der Waals surface area contributed by atoms with Gasteiger partial charge in [-0.1, -0.05) is 12.1 Å². The summed E-state index contributed by atoms with van der Waals surface area (Å²) < 4.78 is 13.0. The van der Waals surface area contributed by atoms with Crippen LogP contribution in [0.4, 0.5) is 4.39 Å². The number of aliphatic carboxylic acids is 1. The number of likely N-dealkylation sites (tertiary alicyclic amines) is 1. The number of nitrogens with zero attached hydrogens (tertiary/aromatic N) is 2. The van der Waals surface area contributed by atoms with E-state index in [1.165, 1.54) is 12.1 Å². The third kappa shape index (κ3) is 4.07. The van der Waals surface area contributed by atoms with Crippen LogP contribution in [0.5, 0.6) is 0 Å². The number of hydrogen-bond acceptors (Lipinski definition) is 3. The van der Waals surface area contributed by atoms with Gasteiger partial charge < -0.3 is 10.0 Å². The molecule has 0 aliphatic carbocycles. The second-order valence-electron chi connectivity index (χ2n) is 5.87. The van der Waals surface area contributed by atoms with Gasteiger partial charge in [-0.25, -0.2) is 4.39 Å². The van der Waals surface area contributed by atoms with Crippen LogP contribution in [0.25, 0.3) is 0 Å². The Labute approximate surface area is 135 Å². The molecule has 1 N–H and O–H groups in total. The number of hydrogen-bond donors (Lipinski definition) is 1. The molecule has 126 valence electrons. The highest BCUT2D eigenvalue weighted by Gasteiger charge is 2.33. The zero-order valence-electron chi connectivity index (χ0n) is 13.5. The van der Waals surface area contributed by atoms with Gasteiger partial charge in [-0.05, 0) is 50.9 Å². The summed E-state index contributed by atoms with van der Waals surface area (Å²) in [6.45, 7) is 5.04. The summed E-state index contributed by atoms with van der Waals surface area (Å²) in [6.07, 6.45) is 1.38. The molecule has 1 amide bonds. The average Bonchev–Trinajstić information content (AvgIpc) is 2.96. The number of carbonyl (C=O) groups excluding carboxylic acids is 1. The predicted molar refractivity (Wildman–Crippen MR) is 84.4 cm³/mol. The number of halogens is 1. The zero-order valence-corrected chi connectivity index (χ0v) is 13.5. The van der Waals surface area contributed by atoms with Crippen molar-refractivity contribution in [2.24, 2.45) is 0 Å². The number of likely N-dealkylation sites (N-methyl/N-ethyl adjacent to an activating group) is 1. The topological polar surface area (TPSA) is 60.9 Å². The highest BCUT2D eigenvalue weighted by atomic mass is 19.1. The molecule has 2 rings (SSSR count). The van der Waals surface area contributed by atoms with Crippen molar-refractivity contribution in [3.05, 3.63) is 35.6 Å². The lowest BCUT2D eigenvalue weighted by atomic mass is 10.1. The molecule has 0 spiro atoms. The maximum atomic E-state index is 13.0. The molecule has 1 aliphatic rings. The molecule has 0 unspecified atom stereocenters. The van der Waals surface area contributed by atoms with Gasteiger partial charge in [-0.15, -0.1) is 0 Å². The molecule has 23 heavy (non-hydrogen) atoms. The van der Waals surface area contributed by atoms with E-state index >= 15 is 0 Å². The number of amides is 1. The van der Waals surface area contributed by atoms with Crippen LogP contribution >= 0.6 is 0 Å². The van der Waals surface area contributed by atoms with Crippen LogP contribution in [0, 0.1) is 5.82 Å². The van der Waals surface area contributed by atoms with Crippen molar-refractivity contribution in [1.82, 2.24) is 9.80 Å². The van der Waals surface area contributed by atoms with E-state index < -0.39 is 12.0 Å². The molecule has 1 heterocycles. The molecule has 0 saturated carbocycles. The SMILES string of the molecule is CCN(C(=O)CN1CCC[C@H]1C(=O)O)[C@@H](C)c1ccc(F)cc1. The standard InChI is InChI=1S/C17H23FN2O3/c1-3-20(12(2)13-6-8-14(18)9-7-13)16(21)11-19-10-4-5-15(19)17(22)23/h6-9,12,15H,3-5,10-11H2,1-2H3,(H,22,23)/t12-,15-/m0/s1. The minimum absolute atomic E-state index is 0.0996. The second-order valence-corrected chi connectivity index (χ2v) is 5.87. The van der Waals surface area contributed by atoms with Crippen molar-refractivity contribution in [3.8, 4) is 0 Å². The first kappa shape index (κ1) is 17.4. The van der Waals surface area contributed by atoms with Crippen LogP contribution in [-0.2, 0) is 9.59 Å². The summed E-state index contributed by atoms with van der Waals surface area (Å²) in [7, 11) is 0. The van der Waals surface area contributed by atoms with E-state index in [0.717, 1.165) is 12.0 Å². The fourth-order valence-corrected chi connectivity index (χ4v) is 3.15. The van der Waals surface area contributed by atoms with E-state index in [9.17, 15) is 19.1 Å². The van der Waals surface area contributed by atoms with E-state index in [1.807, 2.05) is 13.8 Å². The van der Waals surface area contributed by atoms with Gasteiger partial charge in [0.2, 0.25) is 5.91 Å². The Hall–Kier alpha value is -1.95. The van der Waals surface area contributed by atoms with Crippen LogP contribution in [-0.4, -0.2) is 52.5 Å². The Morgan fingerprint density at radius 1 is 1.39 bits per heavy atom. The van der Waals surface area contributed by atoms with E-state index in [4.69, 9.17) is 0 Å². The summed E-state index contributed by atoms with van der Waals surface area (Å²) >= 11 is 0. The molecule has 0 radical (unpaired) electrons. The minimum Gasteiger partial charge on any atom is -0.480 e. The molecule has 6 heteroatoms. The van der Waals surface area contributed by atoms with Crippen LogP contribution in [0.2, 0.25) is 0 Å². The molecule has 1 saturated heterocycles. The van der Waals surface area contributed by atoms with Crippen molar-refractivity contribution in [2.75, 3.05) is 19.6 Å². The van der Waals surface area contributed by atoms with Gasteiger partial charge in [0.15, 0.2) is 0 Å². The Balaban J connectivity index is 2.06. The summed E-state index contributed by atoms with van der Waals surface area (Å²) in [4.78, 5) is 27.2. The number of benzene rings is 1. The zero-order chi connectivity index (χ0) is 17.0. The number of carboxylic acid groups (broad SMARTS) is 1. The fraction of sp³-hybridized carbons (Fsp3) is 0.529. The molecular formula is C17H23FN2O3. The molecule has 1 aliphatic heterocycles. The normalized spacial score (nSPS) is 19.5. The van der Waals surface area contributed by atoms with Crippen LogP contribution in [0.3, 0.4) is 0 Å². The smallest absolute Gasteiger partial charge is 0.320 e. The lowest BCUT2D eigenvalue weighted by Gasteiger charge is -2.31. The maximum absolute atomic E-state index is 13.0. The summed E-state index contributed by atoms with van der Waals surface area (Å²) in [5.41, 5.74) is 0.859. The van der Waals surface area contributed by atoms with E-state index in [1.54, 1.807) is 21.9 Å². The third-order valence-electron chi connectivity index (χ3n) is 4.47. The van der Waals surface area contributed by atoms with Crippen molar-refractivity contribution >= 4 is 11.9 Å². The first-order chi connectivity index (χ1) is 10.9. The van der Waals surface area contributed by atoms with E-state index in [-0.39, 0.29) is 24.3 Å². The summed E-state index contributed by atoms with van der Waals surface area (Å²) in [6, 6.07) is 5.35. The first-order valence-electron chi connectivity index (χ1n) is 7.95. The third-order valence-corrected chi connectivity index (χ3v) is 4.47. The monoisotopic (exact) mass is 322 g/mol. The van der Waals surface area contributed by atoms with Gasteiger partial charge in [0.1, 0.15) is 11.9 Å². The maximum Gasteiger partial charge on any atom is 0.320 e. The molecule has 0 bridgehead atoms. The van der Waals surface area contributed by atoms with Crippen molar-refractivity contribution in [2.45, 2.75) is 38.8 Å². The molecular weight excluding hydrogens is 299 g/mol. The first-order valence-corrected chi connectivity index (χ1v) is 7.95. The summed E-state index contributed by atoms with van der Waals surface area (Å²) in [5, 5.41) is 9.20. The Morgan fingerprint density at radius 2 is 2.04 bits per heavy atom. The largest absolute Gasteiger partial charge is 0.480 e. The molecule has 0 aromatic heterocycles. The molecule has 1 fully saturated rings. The Kier molecular flexibility index (Phi) is 5.71. The minimum atomic E-state index is -0.870. The Morgan fingerprint density at radius 3 is 2.61 bits per heavy atom. The molecule has 2 atom stereocenters. The van der Waals surface area contributed by atoms with Gasteiger partial charge in [-0.2, -0.15) is 0 Å². The fourth-order valence-electron chi connectivity index (χ4n) is 3.15. The van der Waals surface area contributed by atoms with Gasteiger partial charge in [0.25, 0.3) is 0 Å². The van der Waals surface area contributed by atoms with Gasteiger partial charge in [0.05, 0.1) is 12.6 Å². The predicted octanol–water partition coefficient (Wildman–Crippen LogP) is 2.28. The number of carboxylic acids is 1. The molecule has 1 aromatic rings.